The van der Waals surface area contributed by atoms with Crippen LogP contribution in [-0.4, -0.2) is 25.5 Å². The minimum Gasteiger partial charge on any atom is -0.398 e. The second-order valence-electron chi connectivity index (χ2n) is 4.19. The van der Waals surface area contributed by atoms with Crippen molar-refractivity contribution < 1.29 is 4.79 Å². The molecule has 0 radical (unpaired) electrons. The van der Waals surface area contributed by atoms with Gasteiger partial charge in [0.1, 0.15) is 0 Å². The van der Waals surface area contributed by atoms with Crippen molar-refractivity contribution in [2.24, 2.45) is 0 Å². The topological polar surface area (TPSA) is 82.2 Å². The maximum Gasteiger partial charge on any atom is 0.239 e. The third-order valence-corrected chi connectivity index (χ3v) is 2.85. The second kappa shape index (κ2) is 7.27. The van der Waals surface area contributed by atoms with E-state index in [1.165, 1.54) is 0 Å². The maximum absolute atomic E-state index is 11.6. The number of hydrogen-bond donors (Lipinski definition) is 2. The summed E-state index contributed by atoms with van der Waals surface area (Å²) in [5.74, 6) is -0.0111. The predicted octanol–water partition coefficient (Wildman–Crippen LogP) is 1.30. The number of likely N-dealkylation sites (N-methyl/N-ethyl adjacent to an activating group) is 2. The first-order valence-electron chi connectivity index (χ1n) is 6.39. The molecule has 1 aromatic rings. The molecule has 0 bridgehead atoms. The van der Waals surface area contributed by atoms with E-state index >= 15 is 0 Å². The van der Waals surface area contributed by atoms with E-state index in [1.54, 1.807) is 6.07 Å². The summed E-state index contributed by atoms with van der Waals surface area (Å²) >= 11 is 0. The predicted molar refractivity (Wildman–Crippen MR) is 76.7 cm³/mol. The van der Waals surface area contributed by atoms with Gasteiger partial charge in [-0.25, -0.2) is 0 Å². The molecule has 0 saturated carbocycles. The van der Waals surface area contributed by atoms with Crippen molar-refractivity contribution in [3.8, 4) is 6.07 Å². The molecule has 0 spiro atoms. The fourth-order valence-electron chi connectivity index (χ4n) is 1.84. The highest BCUT2D eigenvalue weighted by molar-refractivity contribution is 5.81. The van der Waals surface area contributed by atoms with E-state index in [2.05, 4.69) is 11.4 Å². The first kappa shape index (κ1) is 14.8. The molecule has 5 nitrogen and oxygen atoms in total. The average molecular weight is 260 g/mol. The number of hydrogen-bond acceptors (Lipinski definition) is 4. The number of carbonyl (C=O) groups is 1. The van der Waals surface area contributed by atoms with Gasteiger partial charge in [-0.15, -0.1) is 0 Å². The number of nitrogens with zero attached hydrogens (tertiary/aromatic N) is 2. The first-order valence-corrected chi connectivity index (χ1v) is 6.39. The van der Waals surface area contributed by atoms with Crippen LogP contribution >= 0.6 is 0 Å². The molecule has 0 unspecified atom stereocenters. The highest BCUT2D eigenvalue weighted by atomic mass is 16.2. The van der Waals surface area contributed by atoms with Crippen LogP contribution < -0.4 is 16.0 Å². The molecule has 0 aliphatic rings. The fourth-order valence-corrected chi connectivity index (χ4v) is 1.84. The molecule has 0 fully saturated rings. The SMILES string of the molecule is CCNC(=O)CN(CC)c1ccc(N)c(CC#N)c1. The van der Waals surface area contributed by atoms with E-state index in [1.807, 2.05) is 30.9 Å². The summed E-state index contributed by atoms with van der Waals surface area (Å²) in [7, 11) is 0. The standard InChI is InChI=1S/C14H20N4O/c1-3-17-14(19)10-18(4-2)12-5-6-13(16)11(9-12)7-8-15/h5-6,9H,3-4,7,10,16H2,1-2H3,(H,17,19). The third kappa shape index (κ3) is 4.18. The molecule has 3 N–H and O–H groups in total. The lowest BCUT2D eigenvalue weighted by atomic mass is 10.1. The smallest absolute Gasteiger partial charge is 0.239 e. The summed E-state index contributed by atoms with van der Waals surface area (Å²) in [6, 6.07) is 7.62. The van der Waals surface area contributed by atoms with Crippen molar-refractivity contribution in [1.82, 2.24) is 5.32 Å². The summed E-state index contributed by atoms with van der Waals surface area (Å²) < 4.78 is 0. The Kier molecular flexibility index (Phi) is 5.68. The maximum atomic E-state index is 11.6. The van der Waals surface area contributed by atoms with Gasteiger partial charge < -0.3 is 16.0 Å². The Balaban J connectivity index is 2.89. The van der Waals surface area contributed by atoms with Gasteiger partial charge in [-0.1, -0.05) is 0 Å². The molecular formula is C14H20N4O. The number of nitrogens with one attached hydrogen (secondary N) is 1. The van der Waals surface area contributed by atoms with E-state index in [9.17, 15) is 4.79 Å². The lowest BCUT2D eigenvalue weighted by Gasteiger charge is -2.23. The molecule has 102 valence electrons. The van der Waals surface area contributed by atoms with Gasteiger partial charge in [0.15, 0.2) is 0 Å². The van der Waals surface area contributed by atoms with Crippen molar-refractivity contribution in [2.45, 2.75) is 20.3 Å². The Morgan fingerprint density at radius 1 is 1.47 bits per heavy atom. The highest BCUT2D eigenvalue weighted by Gasteiger charge is 2.11. The number of amides is 1. The quantitative estimate of drug-likeness (QED) is 0.755. The molecule has 19 heavy (non-hydrogen) atoms. The van der Waals surface area contributed by atoms with Gasteiger partial charge in [0.25, 0.3) is 0 Å². The van der Waals surface area contributed by atoms with E-state index in [0.29, 0.717) is 25.3 Å². The van der Waals surface area contributed by atoms with Crippen molar-refractivity contribution in [2.75, 3.05) is 30.3 Å². The lowest BCUT2D eigenvalue weighted by Crippen LogP contribution is -2.37. The van der Waals surface area contributed by atoms with Crippen molar-refractivity contribution in [1.29, 1.82) is 5.26 Å². The van der Waals surface area contributed by atoms with E-state index < -0.39 is 0 Å². The zero-order valence-corrected chi connectivity index (χ0v) is 11.4. The summed E-state index contributed by atoms with van der Waals surface area (Å²) in [5.41, 5.74) is 8.14. The largest absolute Gasteiger partial charge is 0.398 e. The summed E-state index contributed by atoms with van der Waals surface area (Å²) in [6.07, 6.45) is 0.276. The van der Waals surface area contributed by atoms with E-state index in [4.69, 9.17) is 11.0 Å². The molecule has 1 rings (SSSR count). The zero-order valence-electron chi connectivity index (χ0n) is 11.4. The number of benzene rings is 1. The van der Waals surface area contributed by atoms with Crippen LogP contribution in [0.3, 0.4) is 0 Å². The highest BCUT2D eigenvalue weighted by Crippen LogP contribution is 2.21. The summed E-state index contributed by atoms with van der Waals surface area (Å²) in [6.45, 7) is 5.52. The van der Waals surface area contributed by atoms with Crippen LogP contribution in [0.1, 0.15) is 19.4 Å². The number of nitriles is 1. The molecule has 0 heterocycles. The molecule has 0 aliphatic heterocycles. The molecule has 0 saturated heterocycles. The molecule has 5 heteroatoms. The molecule has 1 amide bonds. The molecular weight excluding hydrogens is 240 g/mol. The average Bonchev–Trinajstić information content (AvgIpc) is 2.39. The second-order valence-corrected chi connectivity index (χ2v) is 4.19. The van der Waals surface area contributed by atoms with Crippen LogP contribution in [0, 0.1) is 11.3 Å². The molecule has 0 aliphatic carbocycles. The van der Waals surface area contributed by atoms with Gasteiger partial charge in [-0.3, -0.25) is 4.79 Å². The van der Waals surface area contributed by atoms with Gasteiger partial charge in [-0.2, -0.15) is 5.26 Å². The monoisotopic (exact) mass is 260 g/mol. The molecule has 1 aromatic carbocycles. The Hall–Kier alpha value is -2.22. The minimum absolute atomic E-state index is 0.0111. The van der Waals surface area contributed by atoms with Gasteiger partial charge in [-0.05, 0) is 37.6 Å². The number of nitrogens with two attached hydrogens (primary N) is 1. The molecule has 0 atom stereocenters. The van der Waals surface area contributed by atoms with Gasteiger partial charge >= 0.3 is 0 Å². The van der Waals surface area contributed by atoms with Crippen molar-refractivity contribution >= 4 is 17.3 Å². The number of anilines is 2. The Labute approximate surface area is 114 Å². The van der Waals surface area contributed by atoms with Crippen LogP contribution in [0.25, 0.3) is 0 Å². The normalized spacial score (nSPS) is 9.74. The lowest BCUT2D eigenvalue weighted by molar-refractivity contribution is -0.119. The summed E-state index contributed by atoms with van der Waals surface area (Å²) in [5, 5.41) is 11.5. The number of carbonyl (C=O) groups excluding carboxylic acids is 1. The van der Waals surface area contributed by atoms with E-state index in [0.717, 1.165) is 11.3 Å². The van der Waals surface area contributed by atoms with Crippen LogP contribution in [0.2, 0.25) is 0 Å². The van der Waals surface area contributed by atoms with Crippen LogP contribution in [-0.2, 0) is 11.2 Å². The van der Waals surface area contributed by atoms with Gasteiger partial charge in [0.2, 0.25) is 5.91 Å². The van der Waals surface area contributed by atoms with Crippen LogP contribution in [0.5, 0.6) is 0 Å². The summed E-state index contributed by atoms with van der Waals surface area (Å²) in [4.78, 5) is 13.6. The Morgan fingerprint density at radius 2 is 2.21 bits per heavy atom. The van der Waals surface area contributed by atoms with Gasteiger partial charge in [0, 0.05) is 24.5 Å². The fraction of sp³-hybridized carbons (Fsp3) is 0.429. The molecule has 0 aromatic heterocycles. The van der Waals surface area contributed by atoms with Crippen molar-refractivity contribution in [3.63, 3.8) is 0 Å². The van der Waals surface area contributed by atoms with Crippen LogP contribution in [0.15, 0.2) is 18.2 Å². The van der Waals surface area contributed by atoms with Crippen LogP contribution in [0.4, 0.5) is 11.4 Å². The van der Waals surface area contributed by atoms with E-state index in [-0.39, 0.29) is 12.3 Å². The first-order chi connectivity index (χ1) is 9.12. The number of nitrogen functional groups attached to an aromatic ring is 1. The Morgan fingerprint density at radius 3 is 2.79 bits per heavy atom. The third-order valence-electron chi connectivity index (χ3n) is 2.85. The minimum atomic E-state index is -0.0111. The van der Waals surface area contributed by atoms with Gasteiger partial charge in [0.05, 0.1) is 19.0 Å². The van der Waals surface area contributed by atoms with Crippen molar-refractivity contribution in [3.05, 3.63) is 23.8 Å². The number of rotatable bonds is 6. The Bertz CT molecular complexity index is 479. The zero-order chi connectivity index (χ0) is 14.3.